The van der Waals surface area contributed by atoms with Gasteiger partial charge in [-0.3, -0.25) is 4.79 Å². The molecule has 0 spiro atoms. The van der Waals surface area contributed by atoms with E-state index < -0.39 is 54.0 Å². The van der Waals surface area contributed by atoms with E-state index in [9.17, 15) is 15.0 Å². The first-order valence-corrected chi connectivity index (χ1v) is 9.03. The van der Waals surface area contributed by atoms with Gasteiger partial charge < -0.3 is 15.1 Å². The first-order valence-electron chi connectivity index (χ1n) is 12.5. The highest BCUT2D eigenvalue weighted by Crippen LogP contribution is 2.40. The van der Waals surface area contributed by atoms with Crippen LogP contribution in [-0.4, -0.2) is 40.7 Å². The Hall–Kier alpha value is -2.33. The summed E-state index contributed by atoms with van der Waals surface area (Å²) >= 11 is 0. The van der Waals surface area contributed by atoms with Gasteiger partial charge in [-0.2, -0.15) is 0 Å². The van der Waals surface area contributed by atoms with Crippen LogP contribution in [0.1, 0.15) is 41.0 Å². The van der Waals surface area contributed by atoms with Crippen LogP contribution < -0.4 is 0 Å². The smallest absolute Gasteiger partial charge is 0.308 e. The Morgan fingerprint density at radius 3 is 2.78 bits per heavy atom. The molecule has 0 saturated carbocycles. The SMILES string of the molecule is [2H]c1c([2H])c([2H])c(C([2H])([2H])[C@@H](CN2CC[C@@](C)(c3cccc(O)c3)[C@@H](C)C2)C(=O)O)c([2H])c1[2H]. The summed E-state index contributed by atoms with van der Waals surface area (Å²) in [6.07, 6.45) is -2.05. The number of piperidine rings is 1. The van der Waals surface area contributed by atoms with Crippen LogP contribution in [0.5, 0.6) is 5.75 Å². The van der Waals surface area contributed by atoms with Crippen molar-refractivity contribution in [1.82, 2.24) is 4.90 Å². The highest BCUT2D eigenvalue weighted by molar-refractivity contribution is 5.70. The van der Waals surface area contributed by atoms with Gasteiger partial charge in [0.2, 0.25) is 0 Å². The lowest BCUT2D eigenvalue weighted by molar-refractivity contribution is -0.142. The first-order chi connectivity index (χ1) is 15.7. The monoisotopic (exact) mass is 374 g/mol. The number of phenolic OH excluding ortho intramolecular Hbond substituents is 1. The summed E-state index contributed by atoms with van der Waals surface area (Å²) in [5, 5.41) is 19.8. The fourth-order valence-corrected chi connectivity index (χ4v) is 3.71. The Morgan fingerprint density at radius 1 is 1.41 bits per heavy atom. The maximum absolute atomic E-state index is 12.2. The van der Waals surface area contributed by atoms with E-state index in [0.717, 1.165) is 5.56 Å². The predicted octanol–water partition coefficient (Wildman–Crippen LogP) is 3.94. The minimum atomic E-state index is -2.70. The zero-order valence-corrected chi connectivity index (χ0v) is 15.5. The Balaban J connectivity index is 1.89. The lowest BCUT2D eigenvalue weighted by Crippen LogP contribution is -2.49. The minimum Gasteiger partial charge on any atom is -0.508 e. The van der Waals surface area contributed by atoms with Crippen molar-refractivity contribution in [3.63, 3.8) is 0 Å². The van der Waals surface area contributed by atoms with E-state index in [1.54, 1.807) is 18.2 Å². The third kappa shape index (κ3) is 4.51. The molecule has 1 aliphatic rings. The highest BCUT2D eigenvalue weighted by atomic mass is 16.4. The second kappa shape index (κ2) is 8.13. The average Bonchev–Trinajstić information content (AvgIpc) is 2.76. The number of likely N-dealkylation sites (tertiary alicyclic amines) is 1. The molecule has 0 aliphatic carbocycles. The molecule has 2 aromatic carbocycles. The van der Waals surface area contributed by atoms with E-state index in [2.05, 4.69) is 6.92 Å². The second-order valence-electron chi connectivity index (χ2n) is 7.41. The summed E-state index contributed by atoms with van der Waals surface area (Å²) in [6, 6.07) is 3.55. The van der Waals surface area contributed by atoms with Crippen molar-refractivity contribution < 1.29 is 24.6 Å². The summed E-state index contributed by atoms with van der Waals surface area (Å²) in [7, 11) is 0. The number of aliphatic carboxylic acids is 1. The number of phenols is 1. The van der Waals surface area contributed by atoms with Crippen molar-refractivity contribution in [3.05, 3.63) is 65.6 Å². The van der Waals surface area contributed by atoms with Crippen LogP contribution in [0.4, 0.5) is 0 Å². The van der Waals surface area contributed by atoms with E-state index >= 15 is 0 Å². The van der Waals surface area contributed by atoms with E-state index in [1.807, 2.05) is 17.9 Å². The molecule has 0 radical (unpaired) electrons. The van der Waals surface area contributed by atoms with Crippen LogP contribution in [-0.2, 0) is 16.6 Å². The van der Waals surface area contributed by atoms with Gasteiger partial charge in [0, 0.05) is 15.8 Å². The fraction of sp³-hybridized carbons (Fsp3) is 0.435. The molecule has 0 unspecified atom stereocenters. The molecule has 0 aromatic heterocycles. The topological polar surface area (TPSA) is 60.8 Å². The number of hydrogen-bond acceptors (Lipinski definition) is 3. The van der Waals surface area contributed by atoms with Crippen molar-refractivity contribution >= 4 is 5.97 Å². The van der Waals surface area contributed by atoms with Crippen molar-refractivity contribution in [2.75, 3.05) is 19.6 Å². The van der Waals surface area contributed by atoms with Crippen LogP contribution >= 0.6 is 0 Å². The number of carbonyl (C=O) groups is 1. The standard InChI is InChI=1S/C23H29NO3/c1-17-15-24(12-11-23(17,2)20-9-6-10-21(25)14-20)16-19(22(26)27)13-18-7-4-3-5-8-18/h3-10,14,17,19,25H,11-13,15-16H2,1-2H3,(H,26,27)/t17-,19-,23+/m0/s1/i3D,4D,5D,7D,8D,13D2. The molecule has 1 fully saturated rings. The summed E-state index contributed by atoms with van der Waals surface area (Å²) < 4.78 is 56.7. The van der Waals surface area contributed by atoms with E-state index in [1.165, 1.54) is 0 Å². The Kier molecular flexibility index (Phi) is 3.67. The number of benzene rings is 2. The van der Waals surface area contributed by atoms with Crippen LogP contribution in [0.25, 0.3) is 0 Å². The lowest BCUT2D eigenvalue weighted by atomic mass is 9.68. The molecule has 3 atom stereocenters. The summed E-state index contributed by atoms with van der Waals surface area (Å²) in [4.78, 5) is 14.0. The number of carboxylic acid groups (broad SMARTS) is 1. The molecule has 4 heteroatoms. The Morgan fingerprint density at radius 2 is 2.15 bits per heavy atom. The van der Waals surface area contributed by atoms with Crippen LogP contribution in [0.15, 0.2) is 54.5 Å². The number of nitrogens with zero attached hydrogens (tertiary/aromatic N) is 1. The normalized spacial score (nSPS) is 28.7. The molecule has 144 valence electrons. The van der Waals surface area contributed by atoms with Crippen LogP contribution in [0, 0.1) is 11.8 Å². The highest BCUT2D eigenvalue weighted by Gasteiger charge is 2.39. The summed E-state index contributed by atoms with van der Waals surface area (Å²) in [5.74, 6) is -2.85. The van der Waals surface area contributed by atoms with Crippen molar-refractivity contribution in [1.29, 1.82) is 0 Å². The fourth-order valence-electron chi connectivity index (χ4n) is 3.71. The van der Waals surface area contributed by atoms with Crippen LogP contribution in [0.2, 0.25) is 0 Å². The van der Waals surface area contributed by atoms with Crippen molar-refractivity contribution in [3.8, 4) is 5.75 Å². The zero-order valence-electron chi connectivity index (χ0n) is 22.5. The van der Waals surface area contributed by atoms with Gasteiger partial charge >= 0.3 is 5.97 Å². The maximum Gasteiger partial charge on any atom is 0.308 e. The molecule has 1 aliphatic heterocycles. The molecule has 3 rings (SSSR count). The van der Waals surface area contributed by atoms with Gasteiger partial charge in [0.05, 0.1) is 12.8 Å². The Bertz CT molecular complexity index is 1080. The summed E-state index contributed by atoms with van der Waals surface area (Å²) in [6.45, 7) is 4.90. The molecule has 0 amide bonds. The quantitative estimate of drug-likeness (QED) is 0.804. The third-order valence-corrected chi connectivity index (χ3v) is 5.63. The molecule has 2 aromatic rings. The molecule has 0 bridgehead atoms. The number of hydrogen-bond donors (Lipinski definition) is 2. The van der Waals surface area contributed by atoms with Gasteiger partial charge in [0.15, 0.2) is 0 Å². The zero-order chi connectivity index (χ0) is 25.6. The van der Waals surface area contributed by atoms with Gasteiger partial charge in [-0.15, -0.1) is 0 Å². The predicted molar refractivity (Wildman–Crippen MR) is 107 cm³/mol. The largest absolute Gasteiger partial charge is 0.508 e. The number of aromatic hydroxyl groups is 1. The second-order valence-corrected chi connectivity index (χ2v) is 7.41. The maximum atomic E-state index is 12.2. The minimum absolute atomic E-state index is 0.0594. The lowest BCUT2D eigenvalue weighted by Gasteiger charge is -2.45. The van der Waals surface area contributed by atoms with Gasteiger partial charge in [-0.05, 0) is 53.9 Å². The molecule has 1 heterocycles. The van der Waals surface area contributed by atoms with E-state index in [0.29, 0.717) is 19.5 Å². The van der Waals surface area contributed by atoms with E-state index in [-0.39, 0.29) is 23.6 Å². The number of rotatable bonds is 6. The molecular weight excluding hydrogens is 338 g/mol. The van der Waals surface area contributed by atoms with Gasteiger partial charge in [-0.25, -0.2) is 0 Å². The Labute approximate surface area is 171 Å². The molecule has 4 nitrogen and oxygen atoms in total. The third-order valence-electron chi connectivity index (χ3n) is 5.63. The van der Waals surface area contributed by atoms with E-state index in [4.69, 9.17) is 9.60 Å². The van der Waals surface area contributed by atoms with Gasteiger partial charge in [0.25, 0.3) is 0 Å². The average molecular weight is 375 g/mol. The molecule has 2 N–H and O–H groups in total. The van der Waals surface area contributed by atoms with Gasteiger partial charge in [0.1, 0.15) is 5.75 Å². The summed E-state index contributed by atoms with van der Waals surface area (Å²) in [5.41, 5.74) is 0.0734. The molecule has 1 saturated heterocycles. The van der Waals surface area contributed by atoms with Crippen molar-refractivity contribution in [2.24, 2.45) is 11.8 Å². The first kappa shape index (κ1) is 12.2. The number of carboxylic acids is 1. The van der Waals surface area contributed by atoms with Crippen LogP contribution in [0.3, 0.4) is 0 Å². The molecule has 27 heavy (non-hydrogen) atoms. The van der Waals surface area contributed by atoms with Crippen molar-refractivity contribution in [2.45, 2.75) is 32.1 Å². The molecular formula is C23H29NO3. The van der Waals surface area contributed by atoms with Gasteiger partial charge in [-0.1, -0.05) is 56.2 Å².